The first kappa shape index (κ1) is 9.36. The highest BCUT2D eigenvalue weighted by molar-refractivity contribution is 5.76. The van der Waals surface area contributed by atoms with Gasteiger partial charge < -0.3 is 9.80 Å². The molecule has 0 saturated carbocycles. The third-order valence-corrected chi connectivity index (χ3v) is 2.63. The molecule has 0 aromatic carbocycles. The van der Waals surface area contributed by atoms with Gasteiger partial charge in [-0.3, -0.25) is 0 Å². The lowest BCUT2D eigenvalue weighted by Crippen LogP contribution is -2.33. The van der Waals surface area contributed by atoms with Crippen LogP contribution < -0.4 is 0 Å². The first-order valence-corrected chi connectivity index (χ1v) is 4.59. The summed E-state index contributed by atoms with van der Waals surface area (Å²) in [6.45, 7) is 8.06. The Balaban J connectivity index is 2.67. The van der Waals surface area contributed by atoms with Crippen molar-refractivity contribution in [1.82, 2.24) is 9.80 Å². The van der Waals surface area contributed by atoms with E-state index in [0.717, 1.165) is 13.1 Å². The summed E-state index contributed by atoms with van der Waals surface area (Å²) in [5.41, 5.74) is 0. The summed E-state index contributed by atoms with van der Waals surface area (Å²) in [6, 6.07) is 0.577. The minimum absolute atomic E-state index is 0.177. The van der Waals surface area contributed by atoms with E-state index in [1.165, 1.54) is 0 Å². The van der Waals surface area contributed by atoms with Gasteiger partial charge in [-0.1, -0.05) is 13.8 Å². The molecule has 0 aliphatic carbocycles. The molecular weight excluding hydrogens is 152 g/mol. The SMILES string of the molecule is CCN1CC(C(C)C)N(C)C1=O. The van der Waals surface area contributed by atoms with Crippen LogP contribution in [0.15, 0.2) is 0 Å². The molecule has 0 aromatic rings. The fraction of sp³-hybridized carbons (Fsp3) is 0.889. The smallest absolute Gasteiger partial charge is 0.320 e. The number of rotatable bonds is 2. The topological polar surface area (TPSA) is 23.6 Å². The first-order chi connectivity index (χ1) is 5.57. The molecule has 1 rings (SSSR count). The molecule has 12 heavy (non-hydrogen) atoms. The molecule has 3 heteroatoms. The molecule has 2 amide bonds. The molecule has 1 aliphatic heterocycles. The Morgan fingerprint density at radius 3 is 2.42 bits per heavy atom. The van der Waals surface area contributed by atoms with E-state index in [-0.39, 0.29) is 6.03 Å². The van der Waals surface area contributed by atoms with Crippen LogP contribution in [0.5, 0.6) is 0 Å². The summed E-state index contributed by atoms with van der Waals surface area (Å²) in [5, 5.41) is 0. The van der Waals surface area contributed by atoms with Crippen LogP contribution in [-0.2, 0) is 0 Å². The van der Waals surface area contributed by atoms with E-state index < -0.39 is 0 Å². The monoisotopic (exact) mass is 170 g/mol. The van der Waals surface area contributed by atoms with Crippen molar-refractivity contribution in [2.24, 2.45) is 5.92 Å². The molecule has 1 heterocycles. The van der Waals surface area contributed by atoms with Crippen LogP contribution in [0.2, 0.25) is 0 Å². The Kier molecular flexibility index (Phi) is 2.60. The fourth-order valence-corrected chi connectivity index (χ4v) is 1.71. The van der Waals surface area contributed by atoms with Gasteiger partial charge in [-0.05, 0) is 12.8 Å². The number of carbonyl (C=O) groups excluding carboxylic acids is 1. The van der Waals surface area contributed by atoms with E-state index in [2.05, 4.69) is 13.8 Å². The number of hydrogen-bond acceptors (Lipinski definition) is 1. The molecule has 1 saturated heterocycles. The van der Waals surface area contributed by atoms with Gasteiger partial charge in [-0.15, -0.1) is 0 Å². The quantitative estimate of drug-likeness (QED) is 0.614. The second-order valence-corrected chi connectivity index (χ2v) is 3.74. The predicted molar refractivity (Wildman–Crippen MR) is 49.0 cm³/mol. The number of carbonyl (C=O) groups is 1. The third-order valence-electron chi connectivity index (χ3n) is 2.63. The zero-order valence-corrected chi connectivity index (χ0v) is 8.37. The first-order valence-electron chi connectivity index (χ1n) is 4.59. The molecule has 1 fully saturated rings. The van der Waals surface area contributed by atoms with Crippen LogP contribution >= 0.6 is 0 Å². The van der Waals surface area contributed by atoms with Crippen molar-refractivity contribution in [2.75, 3.05) is 20.1 Å². The lowest BCUT2D eigenvalue weighted by atomic mass is 10.0. The van der Waals surface area contributed by atoms with Crippen molar-refractivity contribution in [1.29, 1.82) is 0 Å². The van der Waals surface area contributed by atoms with E-state index in [0.29, 0.717) is 12.0 Å². The summed E-state index contributed by atoms with van der Waals surface area (Å²) in [4.78, 5) is 15.3. The van der Waals surface area contributed by atoms with Gasteiger partial charge >= 0.3 is 6.03 Å². The molecule has 1 unspecified atom stereocenters. The molecule has 0 bridgehead atoms. The number of hydrogen-bond donors (Lipinski definition) is 0. The lowest BCUT2D eigenvalue weighted by molar-refractivity contribution is 0.193. The highest BCUT2D eigenvalue weighted by Gasteiger charge is 2.34. The maximum absolute atomic E-state index is 11.5. The zero-order chi connectivity index (χ0) is 9.30. The largest absolute Gasteiger partial charge is 0.323 e. The van der Waals surface area contributed by atoms with E-state index in [9.17, 15) is 4.79 Å². The second-order valence-electron chi connectivity index (χ2n) is 3.74. The lowest BCUT2D eigenvalue weighted by Gasteiger charge is -2.20. The molecular formula is C9H18N2O. The average molecular weight is 170 g/mol. The van der Waals surface area contributed by atoms with Gasteiger partial charge in [-0.25, -0.2) is 4.79 Å². The molecule has 70 valence electrons. The van der Waals surface area contributed by atoms with Gasteiger partial charge in [0.05, 0.1) is 6.04 Å². The summed E-state index contributed by atoms with van der Waals surface area (Å²) in [7, 11) is 1.89. The number of nitrogens with zero attached hydrogens (tertiary/aromatic N) is 2. The molecule has 0 aromatic heterocycles. The number of urea groups is 1. The summed E-state index contributed by atoms with van der Waals surface area (Å²) in [5.74, 6) is 0.551. The van der Waals surface area contributed by atoms with E-state index in [1.54, 1.807) is 0 Å². The Morgan fingerprint density at radius 1 is 1.58 bits per heavy atom. The van der Waals surface area contributed by atoms with E-state index in [4.69, 9.17) is 0 Å². The summed E-state index contributed by atoms with van der Waals surface area (Å²) in [6.07, 6.45) is 0. The van der Waals surface area contributed by atoms with Crippen molar-refractivity contribution in [3.8, 4) is 0 Å². The highest BCUT2D eigenvalue weighted by atomic mass is 16.2. The molecule has 3 nitrogen and oxygen atoms in total. The van der Waals surface area contributed by atoms with Crippen LogP contribution in [0.25, 0.3) is 0 Å². The molecule has 1 aliphatic rings. The maximum atomic E-state index is 11.5. The Bertz CT molecular complexity index is 179. The van der Waals surface area contributed by atoms with E-state index in [1.807, 2.05) is 23.8 Å². The Morgan fingerprint density at radius 2 is 2.17 bits per heavy atom. The van der Waals surface area contributed by atoms with Crippen molar-refractivity contribution in [2.45, 2.75) is 26.8 Å². The van der Waals surface area contributed by atoms with Crippen LogP contribution in [0.4, 0.5) is 4.79 Å². The maximum Gasteiger partial charge on any atom is 0.320 e. The minimum atomic E-state index is 0.177. The molecule has 1 atom stereocenters. The second kappa shape index (κ2) is 3.33. The summed E-state index contributed by atoms with van der Waals surface area (Å²) < 4.78 is 0. The number of amides is 2. The van der Waals surface area contributed by atoms with Gasteiger partial charge in [0.1, 0.15) is 0 Å². The van der Waals surface area contributed by atoms with Crippen molar-refractivity contribution >= 4 is 6.03 Å². The van der Waals surface area contributed by atoms with Gasteiger partial charge in [0.2, 0.25) is 0 Å². The highest BCUT2D eigenvalue weighted by Crippen LogP contribution is 2.19. The Labute approximate surface area is 74.3 Å². The summed E-state index contributed by atoms with van der Waals surface area (Å²) >= 11 is 0. The normalized spacial score (nSPS) is 24.4. The van der Waals surface area contributed by atoms with Gasteiger partial charge in [0, 0.05) is 20.1 Å². The third kappa shape index (κ3) is 1.40. The van der Waals surface area contributed by atoms with Crippen LogP contribution in [-0.4, -0.2) is 42.0 Å². The van der Waals surface area contributed by atoms with Crippen LogP contribution in [0.3, 0.4) is 0 Å². The average Bonchev–Trinajstić information content (AvgIpc) is 2.30. The minimum Gasteiger partial charge on any atom is -0.323 e. The van der Waals surface area contributed by atoms with E-state index >= 15 is 0 Å². The number of likely N-dealkylation sites (N-methyl/N-ethyl adjacent to an activating group) is 2. The fourth-order valence-electron chi connectivity index (χ4n) is 1.71. The van der Waals surface area contributed by atoms with Crippen molar-refractivity contribution < 1.29 is 4.79 Å². The van der Waals surface area contributed by atoms with Gasteiger partial charge in [0.25, 0.3) is 0 Å². The van der Waals surface area contributed by atoms with Crippen LogP contribution in [0.1, 0.15) is 20.8 Å². The Hall–Kier alpha value is -0.730. The zero-order valence-electron chi connectivity index (χ0n) is 8.37. The van der Waals surface area contributed by atoms with Gasteiger partial charge in [0.15, 0.2) is 0 Å². The van der Waals surface area contributed by atoms with Crippen molar-refractivity contribution in [3.63, 3.8) is 0 Å². The molecule has 0 radical (unpaired) electrons. The standard InChI is InChI=1S/C9H18N2O/c1-5-11-6-8(7(2)3)10(4)9(11)12/h7-8H,5-6H2,1-4H3. The van der Waals surface area contributed by atoms with Gasteiger partial charge in [-0.2, -0.15) is 0 Å². The van der Waals surface area contributed by atoms with Crippen molar-refractivity contribution in [3.05, 3.63) is 0 Å². The molecule has 0 N–H and O–H groups in total. The van der Waals surface area contributed by atoms with Crippen LogP contribution in [0, 0.1) is 5.92 Å². The molecule has 0 spiro atoms. The predicted octanol–water partition coefficient (Wildman–Crippen LogP) is 1.40.